The van der Waals surface area contributed by atoms with Gasteiger partial charge in [-0.05, 0) is 82.8 Å². The normalized spacial score (nSPS) is 26.3. The Bertz CT molecular complexity index is 1060. The molecule has 0 N–H and O–H groups in total. The highest BCUT2D eigenvalue weighted by Gasteiger charge is 2.45. The Morgan fingerprint density at radius 2 is 1.72 bits per heavy atom. The lowest BCUT2D eigenvalue weighted by molar-refractivity contribution is -0.122. The van der Waals surface area contributed by atoms with Gasteiger partial charge in [0.2, 0.25) is 0 Å². The van der Waals surface area contributed by atoms with Gasteiger partial charge in [-0.1, -0.05) is 45.0 Å². The first-order valence-corrected chi connectivity index (χ1v) is 14.0. The zero-order valence-electron chi connectivity index (χ0n) is 22.6. The van der Waals surface area contributed by atoms with Crippen molar-refractivity contribution in [2.45, 2.75) is 111 Å². The number of aryl methyl sites for hydroxylation is 2. The Morgan fingerprint density at radius 1 is 1.03 bits per heavy atom. The second kappa shape index (κ2) is 10.8. The summed E-state index contributed by atoms with van der Waals surface area (Å²) in [7, 11) is 0. The number of aromatic nitrogens is 3. The van der Waals surface area contributed by atoms with E-state index >= 15 is 0 Å². The highest BCUT2D eigenvalue weighted by atomic mass is 16.1. The second-order valence-electron chi connectivity index (χ2n) is 12.5. The van der Waals surface area contributed by atoms with Crippen LogP contribution in [0.3, 0.4) is 0 Å². The summed E-state index contributed by atoms with van der Waals surface area (Å²) >= 11 is 0. The maximum Gasteiger partial charge on any atom is 0.142 e. The van der Waals surface area contributed by atoms with Crippen LogP contribution in [0.25, 0.3) is 0 Å². The fraction of sp³-hybridized carbons (Fsp3) is 0.710. The molecule has 1 saturated heterocycles. The quantitative estimate of drug-likeness (QED) is 0.394. The maximum absolute atomic E-state index is 13.8. The predicted octanol–water partition coefficient (Wildman–Crippen LogP) is 6.64. The van der Waals surface area contributed by atoms with Crippen LogP contribution in [0.5, 0.6) is 0 Å². The molecule has 2 heterocycles. The molecule has 0 unspecified atom stereocenters. The molecule has 36 heavy (non-hydrogen) atoms. The van der Waals surface area contributed by atoms with Gasteiger partial charge < -0.3 is 4.57 Å². The molecule has 5 heteroatoms. The minimum Gasteiger partial charge on any atom is -0.311 e. The highest BCUT2D eigenvalue weighted by Crippen LogP contribution is 2.48. The maximum atomic E-state index is 13.8. The van der Waals surface area contributed by atoms with E-state index < -0.39 is 0 Å². The topological polar surface area (TPSA) is 51.0 Å². The number of likely N-dealkylation sites (tertiary alicyclic amines) is 1. The minimum atomic E-state index is -0.0114. The van der Waals surface area contributed by atoms with Crippen LogP contribution >= 0.6 is 0 Å². The van der Waals surface area contributed by atoms with Gasteiger partial charge in [0, 0.05) is 49.3 Å². The van der Waals surface area contributed by atoms with Gasteiger partial charge >= 0.3 is 0 Å². The van der Waals surface area contributed by atoms with Crippen LogP contribution in [0.4, 0.5) is 0 Å². The van der Waals surface area contributed by atoms with Crippen LogP contribution in [0.1, 0.15) is 113 Å². The molecule has 0 spiro atoms. The largest absolute Gasteiger partial charge is 0.311 e. The molecule has 2 atom stereocenters. The van der Waals surface area contributed by atoms with E-state index in [1.165, 1.54) is 49.1 Å². The molecule has 0 amide bonds. The molecule has 1 aliphatic heterocycles. The van der Waals surface area contributed by atoms with Crippen molar-refractivity contribution >= 4 is 5.78 Å². The van der Waals surface area contributed by atoms with E-state index in [-0.39, 0.29) is 19.3 Å². The van der Waals surface area contributed by atoms with Gasteiger partial charge in [0.15, 0.2) is 0 Å². The van der Waals surface area contributed by atoms with E-state index in [1.54, 1.807) is 0 Å². The Hall–Kier alpha value is -2.01. The summed E-state index contributed by atoms with van der Waals surface area (Å²) in [5.74, 6) is 4.95. The van der Waals surface area contributed by atoms with Crippen molar-refractivity contribution in [2.75, 3.05) is 13.1 Å². The van der Waals surface area contributed by atoms with Crippen molar-refractivity contribution in [1.82, 2.24) is 19.7 Å². The van der Waals surface area contributed by atoms with Gasteiger partial charge in [0.1, 0.15) is 17.4 Å². The summed E-state index contributed by atoms with van der Waals surface area (Å²) in [5, 5.41) is 9.66. The molecule has 5 rings (SSSR count). The molecule has 0 radical (unpaired) electrons. The van der Waals surface area contributed by atoms with Gasteiger partial charge in [-0.15, -0.1) is 10.2 Å². The third kappa shape index (κ3) is 5.46. The zero-order chi connectivity index (χ0) is 24.9. The third-order valence-electron chi connectivity index (χ3n) is 8.75. The van der Waals surface area contributed by atoms with Crippen molar-refractivity contribution in [1.29, 1.82) is 0 Å². The molecule has 1 aromatic heterocycles. The smallest absolute Gasteiger partial charge is 0.142 e. The Labute approximate surface area is 219 Å². The minimum absolute atomic E-state index is 0. The molecule has 5 nitrogen and oxygen atoms in total. The van der Waals surface area contributed by atoms with Crippen molar-refractivity contribution in [2.24, 2.45) is 17.8 Å². The van der Waals surface area contributed by atoms with E-state index in [4.69, 9.17) is 10.2 Å². The predicted molar refractivity (Wildman–Crippen MR) is 148 cm³/mol. The summed E-state index contributed by atoms with van der Waals surface area (Å²) in [6, 6.07) is 7.43. The monoisotopic (exact) mass is 492 g/mol. The van der Waals surface area contributed by atoms with E-state index in [0.29, 0.717) is 30.2 Å². The zero-order valence-corrected chi connectivity index (χ0v) is 22.6. The van der Waals surface area contributed by atoms with Gasteiger partial charge in [0.05, 0.1) is 0 Å². The number of rotatable bonds is 9. The van der Waals surface area contributed by atoms with Gasteiger partial charge in [-0.3, -0.25) is 9.69 Å². The third-order valence-corrected chi connectivity index (χ3v) is 8.75. The first kappa shape index (κ1) is 27.0. The molecule has 0 bridgehead atoms. The van der Waals surface area contributed by atoms with Gasteiger partial charge in [-0.2, -0.15) is 0 Å². The van der Waals surface area contributed by atoms with Gasteiger partial charge in [-0.25, -0.2) is 0 Å². The number of carbonyl (C=O) groups excluding carboxylic acids is 1. The average Bonchev–Trinajstić information content (AvgIpc) is 3.35. The van der Waals surface area contributed by atoms with Crippen LogP contribution in [-0.2, 0) is 11.2 Å². The van der Waals surface area contributed by atoms with Crippen LogP contribution in [0.15, 0.2) is 18.2 Å². The van der Waals surface area contributed by atoms with Crippen molar-refractivity contribution in [3.8, 4) is 0 Å². The number of hydrogen-bond acceptors (Lipinski definition) is 4. The number of carbonyl (C=O) groups is 1. The second-order valence-corrected chi connectivity index (χ2v) is 12.5. The molecule has 1 aromatic carbocycles. The van der Waals surface area contributed by atoms with Crippen molar-refractivity contribution < 1.29 is 4.79 Å². The van der Waals surface area contributed by atoms with E-state index in [9.17, 15) is 4.79 Å². The van der Waals surface area contributed by atoms with E-state index in [1.807, 2.05) is 0 Å². The lowest BCUT2D eigenvalue weighted by Gasteiger charge is -2.36. The Balaban J connectivity index is 0.00000304. The molecular weight excluding hydrogens is 444 g/mol. The fourth-order valence-electron chi connectivity index (χ4n) is 6.57. The Kier molecular flexibility index (Phi) is 8.09. The van der Waals surface area contributed by atoms with Crippen LogP contribution in [-0.4, -0.2) is 44.6 Å². The molecule has 3 aliphatic rings. The molecule has 2 saturated carbocycles. The van der Waals surface area contributed by atoms with Crippen molar-refractivity contribution in [3.05, 3.63) is 46.5 Å². The highest BCUT2D eigenvalue weighted by molar-refractivity contribution is 5.85. The SMILES string of the molecule is C.Cc1ccc(CC(=O)[C@H]2CN(C(C)C)C[C@@H]2c2nnc(C3CC(CC(C)C)C3)n2C2CC2)c(C)c1. The van der Waals surface area contributed by atoms with E-state index in [0.717, 1.165) is 36.3 Å². The lowest BCUT2D eigenvalue weighted by atomic mass is 9.71. The molecule has 3 fully saturated rings. The number of Topliss-reactive ketones (excluding diaryl/α,β-unsaturated/α-hetero) is 1. The molecular formula is C31H48N4O. The number of ketones is 1. The van der Waals surface area contributed by atoms with Crippen molar-refractivity contribution in [3.63, 3.8) is 0 Å². The molecule has 2 aromatic rings. The van der Waals surface area contributed by atoms with Gasteiger partial charge in [0.25, 0.3) is 0 Å². The molecule has 198 valence electrons. The molecule has 2 aliphatic carbocycles. The van der Waals surface area contributed by atoms with E-state index in [2.05, 4.69) is 69.2 Å². The first-order valence-electron chi connectivity index (χ1n) is 14.0. The standard InChI is InChI=1S/C30H44N4O.CH4/c1-18(2)11-22-13-24(14-22)29-31-32-30(34(29)25-9-10-25)27-17-33(19(3)4)16-26(27)28(35)15-23-8-7-20(5)12-21(23)6;/h7-8,12,18-19,22,24-27H,9-11,13-17H2,1-6H3;1H4/t22?,24?,26-,27-;/m0./s1. The van der Waals surface area contributed by atoms with Crippen LogP contribution in [0.2, 0.25) is 0 Å². The van der Waals surface area contributed by atoms with Crippen LogP contribution in [0, 0.1) is 31.6 Å². The average molecular weight is 493 g/mol. The number of nitrogens with zero attached hydrogens (tertiary/aromatic N) is 4. The lowest BCUT2D eigenvalue weighted by Crippen LogP contribution is -2.30. The first-order chi connectivity index (χ1) is 16.7. The number of hydrogen-bond donors (Lipinski definition) is 0. The summed E-state index contributed by atoms with van der Waals surface area (Å²) < 4.78 is 2.50. The number of benzene rings is 1. The van der Waals surface area contributed by atoms with Crippen LogP contribution < -0.4 is 0 Å². The summed E-state index contributed by atoms with van der Waals surface area (Å²) in [4.78, 5) is 16.2. The fourth-order valence-corrected chi connectivity index (χ4v) is 6.57. The Morgan fingerprint density at radius 3 is 2.33 bits per heavy atom. The summed E-state index contributed by atoms with van der Waals surface area (Å²) in [5.41, 5.74) is 3.63. The summed E-state index contributed by atoms with van der Waals surface area (Å²) in [6.45, 7) is 15.1. The summed E-state index contributed by atoms with van der Waals surface area (Å²) in [6.07, 6.45) is 6.79.